The van der Waals surface area contributed by atoms with E-state index in [0.29, 0.717) is 28.8 Å². The van der Waals surface area contributed by atoms with E-state index in [1.807, 2.05) is 24.3 Å². The molecule has 28 heavy (non-hydrogen) atoms. The number of unbranched alkanes of at least 4 members (excludes halogenated alkanes) is 1. The number of anilines is 2. The summed E-state index contributed by atoms with van der Waals surface area (Å²) in [6, 6.07) is 11.7. The predicted molar refractivity (Wildman–Crippen MR) is 108 cm³/mol. The largest absolute Gasteiger partial charge is 0.494 e. The number of hydrogen-bond donors (Lipinski definition) is 1. The van der Waals surface area contributed by atoms with Crippen molar-refractivity contribution < 1.29 is 18.7 Å². The van der Waals surface area contributed by atoms with E-state index in [4.69, 9.17) is 9.47 Å². The Morgan fingerprint density at radius 3 is 2.64 bits per heavy atom. The van der Waals surface area contributed by atoms with Crippen molar-refractivity contribution in [2.24, 2.45) is 0 Å². The molecule has 0 spiro atoms. The maximum atomic E-state index is 13.6. The first-order valence-electron chi connectivity index (χ1n) is 9.37. The average Bonchev–Trinajstić information content (AvgIpc) is 2.69. The standard InChI is InChI=1S/C22H23FN2O3/c1-3-5-12-28-17-9-7-16(8-10-17)25-21-18-11-6-15(23)13-20(18)24-14-19(21)22(26)27-4-2/h6-11,13-14H,3-5,12H2,1-2H3,(H,24,25). The van der Waals surface area contributed by atoms with E-state index in [2.05, 4.69) is 17.2 Å². The zero-order valence-electron chi connectivity index (χ0n) is 16.0. The van der Waals surface area contributed by atoms with Crippen LogP contribution in [0.25, 0.3) is 10.9 Å². The van der Waals surface area contributed by atoms with Gasteiger partial charge < -0.3 is 14.8 Å². The second kappa shape index (κ2) is 9.17. The molecule has 0 saturated heterocycles. The molecule has 0 aliphatic carbocycles. The van der Waals surface area contributed by atoms with Crippen LogP contribution in [0.3, 0.4) is 0 Å². The first-order chi connectivity index (χ1) is 13.6. The molecule has 0 unspecified atom stereocenters. The fourth-order valence-corrected chi connectivity index (χ4v) is 2.78. The number of pyridine rings is 1. The van der Waals surface area contributed by atoms with Gasteiger partial charge in [0, 0.05) is 23.3 Å². The molecule has 3 rings (SSSR count). The number of fused-ring (bicyclic) bond motifs is 1. The summed E-state index contributed by atoms with van der Waals surface area (Å²) in [5.74, 6) is -0.0852. The highest BCUT2D eigenvalue weighted by Gasteiger charge is 2.17. The molecule has 146 valence electrons. The van der Waals surface area contributed by atoms with Gasteiger partial charge in [-0.1, -0.05) is 13.3 Å². The zero-order valence-corrected chi connectivity index (χ0v) is 16.0. The molecule has 5 nitrogen and oxygen atoms in total. The second-order valence-corrected chi connectivity index (χ2v) is 6.28. The lowest BCUT2D eigenvalue weighted by Gasteiger charge is -2.14. The third-order valence-electron chi connectivity index (χ3n) is 4.22. The van der Waals surface area contributed by atoms with E-state index in [1.54, 1.807) is 13.0 Å². The summed E-state index contributed by atoms with van der Waals surface area (Å²) in [4.78, 5) is 16.6. The molecule has 0 aliphatic heterocycles. The Labute approximate surface area is 163 Å². The molecular formula is C22H23FN2O3. The highest BCUT2D eigenvalue weighted by Crippen LogP contribution is 2.30. The van der Waals surface area contributed by atoms with Crippen LogP contribution in [0.1, 0.15) is 37.0 Å². The van der Waals surface area contributed by atoms with Gasteiger partial charge in [0.2, 0.25) is 0 Å². The van der Waals surface area contributed by atoms with Crippen LogP contribution in [0, 0.1) is 5.82 Å². The average molecular weight is 382 g/mol. The van der Waals surface area contributed by atoms with Gasteiger partial charge in [0.25, 0.3) is 0 Å². The van der Waals surface area contributed by atoms with Crippen LogP contribution >= 0.6 is 0 Å². The molecule has 0 aliphatic rings. The molecular weight excluding hydrogens is 359 g/mol. The quantitative estimate of drug-likeness (QED) is 0.413. The first kappa shape index (κ1) is 19.6. The molecule has 0 atom stereocenters. The number of rotatable bonds is 8. The van der Waals surface area contributed by atoms with Crippen LogP contribution in [0.15, 0.2) is 48.7 Å². The summed E-state index contributed by atoms with van der Waals surface area (Å²) in [5, 5.41) is 3.88. The Morgan fingerprint density at radius 2 is 1.93 bits per heavy atom. The third-order valence-corrected chi connectivity index (χ3v) is 4.22. The Bertz CT molecular complexity index is 958. The molecule has 1 aromatic heterocycles. The van der Waals surface area contributed by atoms with Crippen LogP contribution in [0.4, 0.5) is 15.8 Å². The lowest BCUT2D eigenvalue weighted by molar-refractivity contribution is 0.0527. The molecule has 6 heteroatoms. The molecule has 0 bridgehead atoms. The van der Waals surface area contributed by atoms with E-state index in [9.17, 15) is 9.18 Å². The predicted octanol–water partition coefficient (Wildman–Crippen LogP) is 5.47. The van der Waals surface area contributed by atoms with Crippen LogP contribution in [-0.4, -0.2) is 24.2 Å². The van der Waals surface area contributed by atoms with Crippen molar-refractivity contribution in [2.45, 2.75) is 26.7 Å². The maximum absolute atomic E-state index is 13.6. The normalized spacial score (nSPS) is 10.7. The summed E-state index contributed by atoms with van der Waals surface area (Å²) in [7, 11) is 0. The van der Waals surface area contributed by atoms with Crippen molar-refractivity contribution in [3.05, 3.63) is 60.0 Å². The highest BCUT2D eigenvalue weighted by molar-refractivity contribution is 6.06. The fourth-order valence-electron chi connectivity index (χ4n) is 2.78. The van der Waals surface area contributed by atoms with E-state index < -0.39 is 5.97 Å². The second-order valence-electron chi connectivity index (χ2n) is 6.28. The number of esters is 1. The van der Waals surface area contributed by atoms with Crippen molar-refractivity contribution in [1.29, 1.82) is 0 Å². The van der Waals surface area contributed by atoms with Gasteiger partial charge >= 0.3 is 5.97 Å². The Balaban J connectivity index is 1.93. The van der Waals surface area contributed by atoms with Crippen LogP contribution in [0.2, 0.25) is 0 Å². The molecule has 0 amide bonds. The van der Waals surface area contributed by atoms with Crippen LogP contribution in [0.5, 0.6) is 5.75 Å². The zero-order chi connectivity index (χ0) is 19.9. The smallest absolute Gasteiger partial charge is 0.341 e. The molecule has 1 N–H and O–H groups in total. The summed E-state index contributed by atoms with van der Waals surface area (Å²) in [5.41, 5.74) is 2.05. The minimum Gasteiger partial charge on any atom is -0.494 e. The fraction of sp³-hybridized carbons (Fsp3) is 0.273. The molecule has 0 fully saturated rings. The van der Waals surface area contributed by atoms with Crippen LogP contribution in [-0.2, 0) is 4.74 Å². The molecule has 0 saturated carbocycles. The maximum Gasteiger partial charge on any atom is 0.341 e. The van der Waals surface area contributed by atoms with Gasteiger partial charge in [0.15, 0.2) is 0 Å². The summed E-state index contributed by atoms with van der Waals surface area (Å²) >= 11 is 0. The Morgan fingerprint density at radius 1 is 1.14 bits per heavy atom. The lowest BCUT2D eigenvalue weighted by Crippen LogP contribution is -2.09. The number of carbonyl (C=O) groups excluding carboxylic acids is 1. The SMILES string of the molecule is CCCCOc1ccc(Nc2c(C(=O)OCC)cnc3cc(F)ccc23)cc1. The van der Waals surface area contributed by atoms with Gasteiger partial charge in [0.05, 0.1) is 24.4 Å². The number of hydrogen-bond acceptors (Lipinski definition) is 5. The number of ether oxygens (including phenoxy) is 2. The van der Waals surface area contributed by atoms with Crippen LogP contribution < -0.4 is 10.1 Å². The van der Waals surface area contributed by atoms with Crippen molar-refractivity contribution in [1.82, 2.24) is 4.98 Å². The Kier molecular flexibility index (Phi) is 6.42. The van der Waals surface area contributed by atoms with Gasteiger partial charge in [-0.25, -0.2) is 9.18 Å². The van der Waals surface area contributed by atoms with E-state index in [0.717, 1.165) is 24.3 Å². The lowest BCUT2D eigenvalue weighted by atomic mass is 10.1. The summed E-state index contributed by atoms with van der Waals surface area (Å²) in [6.45, 7) is 4.79. The monoisotopic (exact) mass is 382 g/mol. The number of nitrogens with zero attached hydrogens (tertiary/aromatic N) is 1. The highest BCUT2D eigenvalue weighted by atomic mass is 19.1. The van der Waals surface area contributed by atoms with Gasteiger partial charge in [-0.05, 0) is 49.7 Å². The number of benzene rings is 2. The minimum absolute atomic E-state index is 0.253. The van der Waals surface area contributed by atoms with Gasteiger partial charge in [-0.2, -0.15) is 0 Å². The molecule has 1 heterocycles. The number of nitrogens with one attached hydrogen (secondary N) is 1. The molecule has 0 radical (unpaired) electrons. The topological polar surface area (TPSA) is 60.5 Å². The number of halogens is 1. The van der Waals surface area contributed by atoms with E-state index >= 15 is 0 Å². The summed E-state index contributed by atoms with van der Waals surface area (Å²) < 4.78 is 24.4. The van der Waals surface area contributed by atoms with Crippen molar-refractivity contribution in [3.8, 4) is 5.75 Å². The number of carbonyl (C=O) groups is 1. The Hall–Kier alpha value is -3.15. The molecule has 2 aromatic carbocycles. The van der Waals surface area contributed by atoms with E-state index in [1.165, 1.54) is 18.3 Å². The van der Waals surface area contributed by atoms with Gasteiger partial charge in [-0.3, -0.25) is 4.98 Å². The summed E-state index contributed by atoms with van der Waals surface area (Å²) in [6.07, 6.45) is 3.48. The van der Waals surface area contributed by atoms with Gasteiger partial charge in [0.1, 0.15) is 17.1 Å². The van der Waals surface area contributed by atoms with Crippen molar-refractivity contribution >= 4 is 28.2 Å². The number of aromatic nitrogens is 1. The molecule has 3 aromatic rings. The third kappa shape index (κ3) is 4.57. The van der Waals surface area contributed by atoms with Gasteiger partial charge in [-0.15, -0.1) is 0 Å². The van der Waals surface area contributed by atoms with Crippen molar-refractivity contribution in [2.75, 3.05) is 18.5 Å². The first-order valence-corrected chi connectivity index (χ1v) is 9.37. The van der Waals surface area contributed by atoms with Crippen molar-refractivity contribution in [3.63, 3.8) is 0 Å². The minimum atomic E-state index is -0.483. The van der Waals surface area contributed by atoms with E-state index in [-0.39, 0.29) is 12.4 Å².